The van der Waals surface area contributed by atoms with Gasteiger partial charge in [0.15, 0.2) is 0 Å². The summed E-state index contributed by atoms with van der Waals surface area (Å²) in [5.74, 6) is 2.02. The average Bonchev–Trinajstić information content (AvgIpc) is 2.56. The predicted molar refractivity (Wildman–Crippen MR) is 88.3 cm³/mol. The van der Waals surface area contributed by atoms with Crippen LogP contribution in [0.2, 0.25) is 0 Å². The normalized spacial score (nSPS) is 18.8. The number of nitrogens with two attached hydrogens (primary N) is 1. The number of aromatic nitrogens is 3. The Bertz CT molecular complexity index is 422. The molecule has 2 aliphatic rings. The van der Waals surface area contributed by atoms with E-state index in [0.717, 1.165) is 32.1 Å². The van der Waals surface area contributed by atoms with Crippen molar-refractivity contribution in [1.29, 1.82) is 0 Å². The number of hydrogen-bond acceptors (Lipinski definition) is 8. The number of rotatable bonds is 4. The van der Waals surface area contributed by atoms with Gasteiger partial charge >= 0.3 is 0 Å². The molecule has 0 aromatic carbocycles. The fraction of sp³-hybridized carbons (Fsp3) is 0.786. The van der Waals surface area contributed by atoms with E-state index in [1.54, 1.807) is 0 Å². The van der Waals surface area contributed by atoms with E-state index in [4.69, 9.17) is 10.5 Å². The second-order valence-electron chi connectivity index (χ2n) is 5.29. The summed E-state index contributed by atoms with van der Waals surface area (Å²) in [7, 11) is 0. The fourth-order valence-corrected chi connectivity index (χ4v) is 2.66. The SMILES string of the molecule is C.NCNc1nc(N2CCCCC2)nc(N2CCOCC2)n1. The number of nitrogens with zero attached hydrogens (tertiary/aromatic N) is 5. The lowest BCUT2D eigenvalue weighted by molar-refractivity contribution is 0.122. The molecule has 22 heavy (non-hydrogen) atoms. The van der Waals surface area contributed by atoms with Gasteiger partial charge in [-0.1, -0.05) is 7.43 Å². The predicted octanol–water partition coefficient (Wildman–Crippen LogP) is 0.663. The van der Waals surface area contributed by atoms with E-state index in [2.05, 4.69) is 30.1 Å². The molecular weight excluding hydrogens is 282 g/mol. The number of morpholine rings is 1. The van der Waals surface area contributed by atoms with Crippen molar-refractivity contribution in [2.45, 2.75) is 26.7 Å². The lowest BCUT2D eigenvalue weighted by Gasteiger charge is -2.30. The molecule has 1 aromatic rings. The topological polar surface area (TPSA) is 92.4 Å². The molecule has 8 heteroatoms. The molecule has 8 nitrogen and oxygen atoms in total. The van der Waals surface area contributed by atoms with Gasteiger partial charge in [0, 0.05) is 26.2 Å². The number of ether oxygens (including phenoxy) is 1. The van der Waals surface area contributed by atoms with Crippen LogP contribution in [-0.2, 0) is 4.74 Å². The van der Waals surface area contributed by atoms with Gasteiger partial charge < -0.3 is 25.6 Å². The van der Waals surface area contributed by atoms with Gasteiger partial charge in [0.25, 0.3) is 0 Å². The highest BCUT2D eigenvalue weighted by Gasteiger charge is 2.20. The Morgan fingerprint density at radius 2 is 1.50 bits per heavy atom. The molecule has 2 aliphatic heterocycles. The molecule has 3 N–H and O–H groups in total. The zero-order valence-electron chi connectivity index (χ0n) is 12.3. The summed E-state index contributed by atoms with van der Waals surface area (Å²) in [6.07, 6.45) is 3.67. The largest absolute Gasteiger partial charge is 0.378 e. The van der Waals surface area contributed by atoms with Crippen molar-refractivity contribution in [1.82, 2.24) is 15.0 Å². The molecule has 3 heterocycles. The first kappa shape index (κ1) is 16.7. The molecule has 0 saturated carbocycles. The Labute approximate surface area is 132 Å². The van der Waals surface area contributed by atoms with Crippen molar-refractivity contribution in [3.63, 3.8) is 0 Å². The summed E-state index contributed by atoms with van der Waals surface area (Å²) < 4.78 is 5.39. The standard InChI is InChI=1S/C13H23N7O.CH4/c14-10-15-11-16-12(19-4-2-1-3-5-19)18-13(17-11)20-6-8-21-9-7-20;/h1-10,14H2,(H,15,16,17,18);1H4. The summed E-state index contributed by atoms with van der Waals surface area (Å²) in [6.45, 7) is 5.38. The minimum absolute atomic E-state index is 0. The molecule has 0 atom stereocenters. The summed E-state index contributed by atoms with van der Waals surface area (Å²) in [6, 6.07) is 0. The zero-order valence-corrected chi connectivity index (χ0v) is 12.3. The van der Waals surface area contributed by atoms with Crippen LogP contribution >= 0.6 is 0 Å². The van der Waals surface area contributed by atoms with Crippen molar-refractivity contribution < 1.29 is 4.74 Å². The van der Waals surface area contributed by atoms with Gasteiger partial charge in [0.2, 0.25) is 17.8 Å². The quantitative estimate of drug-likeness (QED) is 0.784. The third kappa shape index (κ3) is 3.95. The van der Waals surface area contributed by atoms with E-state index in [1.807, 2.05) is 0 Å². The first-order valence-electron chi connectivity index (χ1n) is 7.64. The Morgan fingerprint density at radius 3 is 2.09 bits per heavy atom. The molecule has 0 spiro atoms. The van der Waals surface area contributed by atoms with Crippen LogP contribution in [0.1, 0.15) is 26.7 Å². The van der Waals surface area contributed by atoms with Gasteiger partial charge in [-0.3, -0.25) is 0 Å². The van der Waals surface area contributed by atoms with E-state index in [1.165, 1.54) is 19.3 Å². The fourth-order valence-electron chi connectivity index (χ4n) is 2.66. The van der Waals surface area contributed by atoms with Crippen LogP contribution in [0.3, 0.4) is 0 Å². The van der Waals surface area contributed by atoms with Crippen LogP contribution in [0.15, 0.2) is 0 Å². The summed E-state index contributed by atoms with van der Waals surface area (Å²) >= 11 is 0. The second-order valence-corrected chi connectivity index (χ2v) is 5.29. The minimum Gasteiger partial charge on any atom is -0.378 e. The third-order valence-electron chi connectivity index (χ3n) is 3.80. The van der Waals surface area contributed by atoms with Crippen LogP contribution in [0.5, 0.6) is 0 Å². The van der Waals surface area contributed by atoms with Crippen LogP contribution in [-0.4, -0.2) is 61.0 Å². The summed E-state index contributed by atoms with van der Waals surface area (Å²) in [5.41, 5.74) is 5.56. The molecule has 124 valence electrons. The zero-order chi connectivity index (χ0) is 14.5. The maximum Gasteiger partial charge on any atom is 0.232 e. The summed E-state index contributed by atoms with van der Waals surface area (Å²) in [5, 5.41) is 3.00. The van der Waals surface area contributed by atoms with Gasteiger partial charge in [-0.15, -0.1) is 0 Å². The van der Waals surface area contributed by atoms with Crippen LogP contribution in [0.4, 0.5) is 17.8 Å². The van der Waals surface area contributed by atoms with Gasteiger partial charge in [0.05, 0.1) is 19.9 Å². The van der Waals surface area contributed by atoms with E-state index in [9.17, 15) is 0 Å². The maximum absolute atomic E-state index is 5.56. The van der Waals surface area contributed by atoms with Gasteiger partial charge in [-0.05, 0) is 19.3 Å². The highest BCUT2D eigenvalue weighted by molar-refractivity contribution is 5.45. The number of nitrogens with one attached hydrogen (secondary N) is 1. The van der Waals surface area contributed by atoms with Gasteiger partial charge in [0.1, 0.15) is 0 Å². The van der Waals surface area contributed by atoms with E-state index in [-0.39, 0.29) is 7.43 Å². The molecule has 0 radical (unpaired) electrons. The van der Waals surface area contributed by atoms with Gasteiger partial charge in [-0.25, -0.2) is 0 Å². The van der Waals surface area contributed by atoms with E-state index < -0.39 is 0 Å². The average molecular weight is 309 g/mol. The highest BCUT2D eigenvalue weighted by Crippen LogP contribution is 2.20. The Kier molecular flexibility index (Phi) is 6.14. The Hall–Kier alpha value is -1.67. The first-order chi connectivity index (χ1) is 10.4. The minimum atomic E-state index is 0. The maximum atomic E-state index is 5.56. The van der Waals surface area contributed by atoms with E-state index in [0.29, 0.717) is 31.8 Å². The van der Waals surface area contributed by atoms with Crippen LogP contribution < -0.4 is 20.9 Å². The van der Waals surface area contributed by atoms with Crippen molar-refractivity contribution in [3.05, 3.63) is 0 Å². The first-order valence-corrected chi connectivity index (χ1v) is 7.64. The molecule has 0 aliphatic carbocycles. The van der Waals surface area contributed by atoms with Crippen molar-refractivity contribution in [3.8, 4) is 0 Å². The molecule has 2 fully saturated rings. The second kappa shape index (κ2) is 8.09. The molecular formula is C14H27N7O. The lowest BCUT2D eigenvalue weighted by atomic mass is 10.1. The Balaban J connectivity index is 0.00000176. The monoisotopic (exact) mass is 309 g/mol. The molecule has 1 aromatic heterocycles. The van der Waals surface area contributed by atoms with Gasteiger partial charge in [-0.2, -0.15) is 15.0 Å². The van der Waals surface area contributed by atoms with Crippen molar-refractivity contribution in [2.24, 2.45) is 5.73 Å². The smallest absolute Gasteiger partial charge is 0.232 e. The molecule has 3 rings (SSSR count). The van der Waals surface area contributed by atoms with E-state index >= 15 is 0 Å². The third-order valence-corrected chi connectivity index (χ3v) is 3.80. The molecule has 0 bridgehead atoms. The Morgan fingerprint density at radius 1 is 0.909 bits per heavy atom. The molecule has 2 saturated heterocycles. The van der Waals surface area contributed by atoms with Crippen LogP contribution in [0, 0.1) is 0 Å². The van der Waals surface area contributed by atoms with Crippen LogP contribution in [0.25, 0.3) is 0 Å². The van der Waals surface area contributed by atoms with Crippen molar-refractivity contribution >= 4 is 17.8 Å². The lowest BCUT2D eigenvalue weighted by Crippen LogP contribution is -2.38. The number of hydrogen-bond donors (Lipinski definition) is 2. The number of piperidine rings is 1. The molecule has 0 unspecified atom stereocenters. The van der Waals surface area contributed by atoms with Crippen molar-refractivity contribution in [2.75, 3.05) is 61.2 Å². The number of anilines is 3. The summed E-state index contributed by atoms with van der Waals surface area (Å²) in [4.78, 5) is 18.0. The molecule has 0 amide bonds. The highest BCUT2D eigenvalue weighted by atomic mass is 16.5.